The van der Waals surface area contributed by atoms with Crippen LogP contribution in [-0.2, 0) is 23.0 Å². The lowest BCUT2D eigenvalue weighted by Gasteiger charge is -2.38. The highest BCUT2D eigenvalue weighted by Gasteiger charge is 2.56. The van der Waals surface area contributed by atoms with Gasteiger partial charge in [-0.05, 0) is 35.6 Å². The Hall–Kier alpha value is -4.19. The van der Waals surface area contributed by atoms with E-state index in [1.54, 1.807) is 50.2 Å². The summed E-state index contributed by atoms with van der Waals surface area (Å²) in [7, 11) is 1.28. The van der Waals surface area contributed by atoms with Crippen LogP contribution in [0.1, 0.15) is 54.5 Å². The number of carbonyl (C=O) groups excluding carboxylic acids is 1. The Bertz CT molecular complexity index is 1640. The van der Waals surface area contributed by atoms with Gasteiger partial charge >= 0.3 is 12.1 Å². The Morgan fingerprint density at radius 2 is 1.93 bits per heavy atom. The molecule has 0 spiro atoms. The van der Waals surface area contributed by atoms with Gasteiger partial charge in [0.25, 0.3) is 0 Å². The summed E-state index contributed by atoms with van der Waals surface area (Å²) in [5.74, 6) is 0.537. The second kappa shape index (κ2) is 10.9. The van der Waals surface area contributed by atoms with Crippen molar-refractivity contribution in [1.82, 2.24) is 19.7 Å². The summed E-state index contributed by atoms with van der Waals surface area (Å²) in [4.78, 5) is 21.0. The fraction of sp³-hybridized carbons (Fsp3) is 0.400. The van der Waals surface area contributed by atoms with Crippen LogP contribution < -0.4 is 10.1 Å². The predicted molar refractivity (Wildman–Crippen MR) is 150 cm³/mol. The molecule has 0 amide bonds. The maximum atomic E-state index is 14.5. The number of fused-ring (bicyclic) bond motifs is 2. The molecule has 0 radical (unpaired) electrons. The minimum absolute atomic E-state index is 0.108. The van der Waals surface area contributed by atoms with E-state index in [0.29, 0.717) is 58.9 Å². The van der Waals surface area contributed by atoms with E-state index in [-0.39, 0.29) is 5.82 Å². The van der Waals surface area contributed by atoms with Crippen molar-refractivity contribution in [1.29, 1.82) is 0 Å². The van der Waals surface area contributed by atoms with Gasteiger partial charge in [-0.15, -0.1) is 0 Å². The number of benzene rings is 2. The van der Waals surface area contributed by atoms with E-state index in [1.165, 1.54) is 18.0 Å². The van der Waals surface area contributed by atoms with Gasteiger partial charge in [-0.25, -0.2) is 19.4 Å². The lowest BCUT2D eigenvalue weighted by molar-refractivity contribution is -0.260. The van der Waals surface area contributed by atoms with Crippen molar-refractivity contribution in [2.45, 2.75) is 57.2 Å². The number of anilines is 1. The number of alkyl halides is 3. The van der Waals surface area contributed by atoms with E-state index >= 15 is 0 Å². The summed E-state index contributed by atoms with van der Waals surface area (Å²) < 4.78 is 55.6. The van der Waals surface area contributed by atoms with E-state index in [9.17, 15) is 23.1 Å². The summed E-state index contributed by atoms with van der Waals surface area (Å²) in [6.45, 7) is 4.78. The van der Waals surface area contributed by atoms with Gasteiger partial charge in [-0.1, -0.05) is 45.0 Å². The molecule has 1 aliphatic rings. The molecule has 9 nitrogen and oxygen atoms in total. The molecule has 12 heteroatoms. The molecule has 2 N–H and O–H groups in total. The molecule has 2 aromatic heterocycles. The lowest BCUT2D eigenvalue weighted by atomic mass is 9.74. The van der Waals surface area contributed by atoms with Crippen LogP contribution in [0.15, 0.2) is 48.7 Å². The number of nitrogens with zero attached hydrogens (tertiary/aromatic N) is 4. The zero-order valence-electron chi connectivity index (χ0n) is 23.7. The average Bonchev–Trinajstić information content (AvgIpc) is 3.62. The van der Waals surface area contributed by atoms with E-state index in [4.69, 9.17) is 9.47 Å². The maximum absolute atomic E-state index is 14.5. The highest BCUT2D eigenvalue weighted by molar-refractivity contribution is 5.91. The average molecular weight is 584 g/mol. The zero-order valence-corrected chi connectivity index (χ0v) is 23.7. The topological polar surface area (TPSA) is 111 Å². The molecule has 4 aromatic rings. The van der Waals surface area contributed by atoms with Crippen molar-refractivity contribution >= 4 is 22.8 Å². The van der Waals surface area contributed by atoms with Crippen LogP contribution in [0, 0.1) is 0 Å². The first-order chi connectivity index (χ1) is 19.9. The van der Waals surface area contributed by atoms with Crippen molar-refractivity contribution in [3.8, 4) is 11.4 Å². The molecule has 0 fully saturated rings. The summed E-state index contributed by atoms with van der Waals surface area (Å²) in [5, 5.41) is 18.7. The number of ether oxygens (including phenoxy) is 2. The van der Waals surface area contributed by atoms with E-state index in [1.807, 2.05) is 13.0 Å². The number of halogens is 3. The fourth-order valence-corrected chi connectivity index (χ4v) is 5.38. The number of esters is 1. The van der Waals surface area contributed by atoms with Gasteiger partial charge in [0.2, 0.25) is 0 Å². The van der Waals surface area contributed by atoms with Gasteiger partial charge in [-0.3, -0.25) is 0 Å². The van der Waals surface area contributed by atoms with Gasteiger partial charge in [0.1, 0.15) is 17.4 Å². The third kappa shape index (κ3) is 5.38. The van der Waals surface area contributed by atoms with E-state index < -0.39 is 36.1 Å². The molecule has 5 rings (SSSR count). The van der Waals surface area contributed by atoms with Crippen LogP contribution in [0.5, 0.6) is 5.75 Å². The van der Waals surface area contributed by atoms with Crippen molar-refractivity contribution in [2.75, 3.05) is 25.6 Å². The number of hydrogen-bond donors (Lipinski definition) is 2. The number of hydrogen-bond acceptors (Lipinski definition) is 8. The quantitative estimate of drug-likeness (QED) is 0.260. The third-order valence-electron chi connectivity index (χ3n) is 7.56. The second-order valence-corrected chi connectivity index (χ2v) is 11.0. The lowest BCUT2D eigenvalue weighted by Crippen LogP contribution is -2.53. The number of nitrogens with one attached hydrogen (secondary N) is 1. The standard InChI is InChI=1S/C30H32F3N5O4/c1-5-23-36-25(21-15-35-38(26(21)37-23)20-10-6-9-19(14-20)27(39)41-4)34-17-29(40,30(31,32)33)16-28(2,3)22-11-7-8-18-12-13-42-24(18)22/h6-11,14-15,40H,5,12-13,16-17H2,1-4H3,(H,34,36,37). The number of aromatic nitrogens is 4. The molecule has 0 aliphatic carbocycles. The first-order valence-corrected chi connectivity index (χ1v) is 13.6. The third-order valence-corrected chi connectivity index (χ3v) is 7.56. The largest absolute Gasteiger partial charge is 0.493 e. The van der Waals surface area contributed by atoms with Crippen LogP contribution in [0.2, 0.25) is 0 Å². The van der Waals surface area contributed by atoms with Crippen LogP contribution >= 0.6 is 0 Å². The second-order valence-electron chi connectivity index (χ2n) is 11.0. The zero-order chi connectivity index (χ0) is 30.3. The van der Waals surface area contributed by atoms with Gasteiger partial charge < -0.3 is 19.9 Å². The molecule has 0 bridgehead atoms. The summed E-state index contributed by atoms with van der Waals surface area (Å²) >= 11 is 0. The summed E-state index contributed by atoms with van der Waals surface area (Å²) in [6, 6.07) is 12.0. The first-order valence-electron chi connectivity index (χ1n) is 13.6. The number of aliphatic hydroxyl groups is 1. The molecule has 1 atom stereocenters. The molecular weight excluding hydrogens is 551 g/mol. The highest BCUT2D eigenvalue weighted by Crippen LogP contribution is 2.45. The minimum atomic E-state index is -4.95. The Balaban J connectivity index is 1.48. The van der Waals surface area contributed by atoms with Gasteiger partial charge in [0, 0.05) is 18.4 Å². The Kier molecular flexibility index (Phi) is 7.61. The molecule has 1 aliphatic heterocycles. The number of rotatable bonds is 9. The highest BCUT2D eigenvalue weighted by atomic mass is 19.4. The monoisotopic (exact) mass is 583 g/mol. The fourth-order valence-electron chi connectivity index (χ4n) is 5.38. The molecule has 1 unspecified atom stereocenters. The van der Waals surface area contributed by atoms with E-state index in [0.717, 1.165) is 5.56 Å². The molecule has 42 heavy (non-hydrogen) atoms. The number of methoxy groups -OCH3 is 1. The maximum Gasteiger partial charge on any atom is 0.418 e. The Morgan fingerprint density at radius 3 is 2.64 bits per heavy atom. The van der Waals surface area contributed by atoms with Gasteiger partial charge in [0.05, 0.1) is 43.1 Å². The number of carbonyl (C=O) groups is 1. The summed E-state index contributed by atoms with van der Waals surface area (Å²) in [5.41, 5.74) is -1.48. The smallest absolute Gasteiger partial charge is 0.418 e. The summed E-state index contributed by atoms with van der Waals surface area (Å²) in [6.07, 6.45) is -3.05. The number of para-hydroxylation sites is 1. The van der Waals surface area contributed by atoms with Crippen molar-refractivity contribution in [2.24, 2.45) is 0 Å². The molecule has 222 valence electrons. The van der Waals surface area contributed by atoms with Crippen LogP contribution in [0.4, 0.5) is 19.0 Å². The molecule has 0 saturated carbocycles. The minimum Gasteiger partial charge on any atom is -0.493 e. The van der Waals surface area contributed by atoms with Crippen LogP contribution in [-0.4, -0.2) is 62.9 Å². The van der Waals surface area contributed by atoms with Gasteiger partial charge in [0.15, 0.2) is 11.2 Å². The molecule has 3 heterocycles. The van der Waals surface area contributed by atoms with Crippen molar-refractivity contribution in [3.63, 3.8) is 0 Å². The van der Waals surface area contributed by atoms with Crippen molar-refractivity contribution in [3.05, 3.63) is 71.2 Å². The van der Waals surface area contributed by atoms with Gasteiger partial charge in [-0.2, -0.15) is 18.3 Å². The Labute approximate surface area is 240 Å². The normalized spacial score (nSPS) is 14.8. The predicted octanol–water partition coefficient (Wildman–Crippen LogP) is 5.17. The first kappa shape index (κ1) is 29.3. The van der Waals surface area contributed by atoms with Crippen LogP contribution in [0.25, 0.3) is 16.7 Å². The molecule has 2 aromatic carbocycles. The molecule has 0 saturated heterocycles. The van der Waals surface area contributed by atoms with Crippen molar-refractivity contribution < 1.29 is 32.5 Å². The molecular formula is C30H32F3N5O4. The van der Waals surface area contributed by atoms with Crippen LogP contribution in [0.3, 0.4) is 0 Å². The Morgan fingerprint density at radius 1 is 1.17 bits per heavy atom. The SMILES string of the molecule is CCc1nc(NCC(O)(CC(C)(C)c2cccc3c2OCC3)C(F)(F)F)c2cnn(-c3cccc(C(=O)OC)c3)c2n1. The van der Waals surface area contributed by atoms with E-state index in [2.05, 4.69) is 20.4 Å². The number of aryl methyl sites for hydroxylation is 1.